The van der Waals surface area contributed by atoms with Gasteiger partial charge in [-0.25, -0.2) is 8.42 Å². The highest BCUT2D eigenvalue weighted by Crippen LogP contribution is 2.39. The largest absolute Gasteiger partial charge is 0.506 e. The Bertz CT molecular complexity index is 978. The molecule has 0 atom stereocenters. The molecule has 1 saturated carbocycles. The number of carbonyl (C=O) groups is 3. The fourth-order valence-corrected chi connectivity index (χ4v) is 4.13. The number of allylic oxidation sites excluding steroid dienone is 1. The van der Waals surface area contributed by atoms with Crippen molar-refractivity contribution in [3.05, 3.63) is 28.3 Å². The topological polar surface area (TPSA) is 118 Å². The van der Waals surface area contributed by atoms with Gasteiger partial charge in [-0.3, -0.25) is 14.4 Å². The van der Waals surface area contributed by atoms with Crippen molar-refractivity contribution in [2.24, 2.45) is 0 Å². The molecular formula is C19H22ClNO7S. The lowest BCUT2D eigenvalue weighted by Gasteiger charge is -2.18. The van der Waals surface area contributed by atoms with Crippen LogP contribution in [0, 0.1) is 0 Å². The van der Waals surface area contributed by atoms with E-state index in [2.05, 4.69) is 0 Å². The first-order chi connectivity index (χ1) is 13.5. The summed E-state index contributed by atoms with van der Waals surface area (Å²) >= 11 is 6.32. The molecule has 1 aliphatic carbocycles. The lowest BCUT2D eigenvalue weighted by atomic mass is 9.90. The number of ether oxygens (including phenoxy) is 1. The van der Waals surface area contributed by atoms with Gasteiger partial charge in [0.05, 0.1) is 10.8 Å². The van der Waals surface area contributed by atoms with E-state index in [9.17, 15) is 27.9 Å². The highest BCUT2D eigenvalue weighted by molar-refractivity contribution is 7.91. The molecule has 0 bridgehead atoms. The van der Waals surface area contributed by atoms with Crippen LogP contribution in [0.15, 0.2) is 22.6 Å². The van der Waals surface area contributed by atoms with Crippen LogP contribution >= 0.6 is 11.6 Å². The van der Waals surface area contributed by atoms with Crippen molar-refractivity contribution in [2.75, 3.05) is 26.5 Å². The van der Waals surface area contributed by atoms with Gasteiger partial charge in [-0.05, 0) is 18.6 Å². The second-order valence-corrected chi connectivity index (χ2v) is 9.28. The average Bonchev–Trinajstić information content (AvgIpc) is 2.65. The maximum absolute atomic E-state index is 12.4. The molecule has 10 heteroatoms. The van der Waals surface area contributed by atoms with E-state index < -0.39 is 39.7 Å². The summed E-state index contributed by atoms with van der Waals surface area (Å²) in [5.41, 5.74) is -0.479. The van der Waals surface area contributed by atoms with Crippen molar-refractivity contribution >= 4 is 44.7 Å². The first-order valence-electron chi connectivity index (χ1n) is 8.89. The molecule has 0 aromatic heterocycles. The Morgan fingerprint density at radius 3 is 2.31 bits per heavy atom. The summed E-state index contributed by atoms with van der Waals surface area (Å²) in [6.45, 7) is 0.947. The zero-order valence-electron chi connectivity index (χ0n) is 16.3. The number of nitrogens with zero attached hydrogens (tertiary/aromatic N) is 1. The van der Waals surface area contributed by atoms with Crippen molar-refractivity contribution in [3.63, 3.8) is 0 Å². The van der Waals surface area contributed by atoms with Crippen LogP contribution in [-0.2, 0) is 24.2 Å². The number of aliphatic hydroxyl groups excluding tert-OH is 1. The van der Waals surface area contributed by atoms with Crippen molar-refractivity contribution < 1.29 is 32.6 Å². The quantitative estimate of drug-likeness (QED) is 0.406. The summed E-state index contributed by atoms with van der Waals surface area (Å²) in [5.74, 6) is -2.65. The zero-order chi connectivity index (χ0) is 21.9. The zero-order valence-corrected chi connectivity index (χ0v) is 17.9. The number of halogens is 1. The number of hydrogen-bond acceptors (Lipinski definition) is 7. The molecule has 0 unspecified atom stereocenters. The van der Waals surface area contributed by atoms with Crippen molar-refractivity contribution in [1.82, 2.24) is 4.90 Å². The highest BCUT2D eigenvalue weighted by Gasteiger charge is 2.30. The number of likely N-dealkylation sites (N-methyl/N-ethyl adjacent to an activating group) is 1. The summed E-state index contributed by atoms with van der Waals surface area (Å²) in [6.07, 6.45) is 0.633. The minimum absolute atomic E-state index is 0.117. The Hall–Kier alpha value is -2.39. The Morgan fingerprint density at radius 1 is 1.21 bits per heavy atom. The molecule has 0 aliphatic heterocycles. The SMILES string of the molecule is CCS(=O)(=O)c1ccc(C(O)=C2C(=O)CCCC2=O)c(Cl)c1OCC(=O)N(C)C. The van der Waals surface area contributed by atoms with Gasteiger partial charge >= 0.3 is 0 Å². The second-order valence-electron chi connectivity index (χ2n) is 6.66. The number of ketones is 2. The van der Waals surface area contributed by atoms with Crippen LogP contribution in [0.4, 0.5) is 0 Å². The summed E-state index contributed by atoms with van der Waals surface area (Å²) in [7, 11) is -0.766. The second kappa shape index (κ2) is 8.96. The number of rotatable bonds is 6. The molecule has 0 heterocycles. The molecule has 0 spiro atoms. The van der Waals surface area contributed by atoms with Crippen LogP contribution < -0.4 is 4.74 Å². The van der Waals surface area contributed by atoms with Gasteiger partial charge < -0.3 is 14.7 Å². The van der Waals surface area contributed by atoms with Gasteiger partial charge in [-0.15, -0.1) is 0 Å². The Morgan fingerprint density at radius 2 is 1.79 bits per heavy atom. The van der Waals surface area contributed by atoms with Crippen LogP contribution in [0.3, 0.4) is 0 Å². The molecule has 29 heavy (non-hydrogen) atoms. The van der Waals surface area contributed by atoms with Gasteiger partial charge in [-0.1, -0.05) is 18.5 Å². The van der Waals surface area contributed by atoms with Gasteiger partial charge in [0, 0.05) is 32.5 Å². The molecular weight excluding hydrogens is 422 g/mol. The summed E-state index contributed by atoms with van der Waals surface area (Å²) in [6, 6.07) is 2.38. The molecule has 1 fully saturated rings. The molecule has 0 saturated heterocycles. The number of carbonyl (C=O) groups excluding carboxylic acids is 3. The van der Waals surface area contributed by atoms with Gasteiger partial charge in [0.1, 0.15) is 16.2 Å². The number of sulfone groups is 1. The summed E-state index contributed by atoms with van der Waals surface area (Å²) in [5, 5.41) is 10.3. The number of benzene rings is 1. The minimum Gasteiger partial charge on any atom is -0.506 e. The molecule has 1 aromatic rings. The molecule has 2 rings (SSSR count). The van der Waals surface area contributed by atoms with Gasteiger partial charge in [0.25, 0.3) is 5.91 Å². The maximum atomic E-state index is 12.4. The first-order valence-corrected chi connectivity index (χ1v) is 10.9. The van der Waals surface area contributed by atoms with E-state index >= 15 is 0 Å². The van der Waals surface area contributed by atoms with Gasteiger partial charge in [-0.2, -0.15) is 0 Å². The van der Waals surface area contributed by atoms with Crippen LogP contribution in [0.5, 0.6) is 5.75 Å². The van der Waals surface area contributed by atoms with Crippen molar-refractivity contribution in [2.45, 2.75) is 31.1 Å². The van der Waals surface area contributed by atoms with E-state index in [1.807, 2.05) is 0 Å². The normalized spacial score (nSPS) is 14.7. The van der Waals surface area contributed by atoms with Crippen LogP contribution in [0.2, 0.25) is 5.02 Å². The predicted octanol–water partition coefficient (Wildman–Crippen LogP) is 2.19. The molecule has 1 amide bonds. The van der Waals surface area contributed by atoms with Crippen LogP contribution in [-0.4, -0.2) is 62.4 Å². The van der Waals surface area contributed by atoms with E-state index in [-0.39, 0.29) is 45.4 Å². The lowest BCUT2D eigenvalue weighted by Crippen LogP contribution is -2.28. The number of Topliss-reactive ketones (excluding diaryl/α,β-unsaturated/α-hetero) is 2. The highest BCUT2D eigenvalue weighted by atomic mass is 35.5. The van der Waals surface area contributed by atoms with E-state index in [1.165, 1.54) is 38.1 Å². The van der Waals surface area contributed by atoms with Gasteiger partial charge in [0.15, 0.2) is 33.8 Å². The first kappa shape index (κ1) is 22.9. The maximum Gasteiger partial charge on any atom is 0.259 e. The molecule has 158 valence electrons. The summed E-state index contributed by atoms with van der Waals surface area (Å²) < 4.78 is 30.3. The molecule has 1 aliphatic rings. The minimum atomic E-state index is -3.77. The fourth-order valence-electron chi connectivity index (χ4n) is 2.73. The number of amides is 1. The lowest BCUT2D eigenvalue weighted by molar-refractivity contribution is -0.131. The third-order valence-corrected chi connectivity index (χ3v) is 6.60. The molecule has 0 radical (unpaired) electrons. The van der Waals surface area contributed by atoms with Gasteiger partial charge in [0.2, 0.25) is 0 Å². The van der Waals surface area contributed by atoms with Crippen LogP contribution in [0.25, 0.3) is 5.76 Å². The third-order valence-electron chi connectivity index (χ3n) is 4.47. The monoisotopic (exact) mass is 443 g/mol. The standard InChI is InChI=1S/C19H22ClNO7S/c1-4-29(26,27)14-9-8-11(17(20)19(14)28-10-15(24)21(2)3)18(25)16-12(22)6-5-7-13(16)23/h8-9,25H,4-7,10H2,1-3H3. The summed E-state index contributed by atoms with van der Waals surface area (Å²) in [4.78, 5) is 37.1. The predicted molar refractivity (Wildman–Crippen MR) is 107 cm³/mol. The van der Waals surface area contributed by atoms with E-state index in [0.29, 0.717) is 6.42 Å². The Balaban J connectivity index is 2.64. The smallest absolute Gasteiger partial charge is 0.259 e. The van der Waals surface area contributed by atoms with Crippen molar-refractivity contribution in [1.29, 1.82) is 0 Å². The fraction of sp³-hybridized carbons (Fsp3) is 0.421. The molecule has 1 N–H and O–H groups in total. The van der Waals surface area contributed by atoms with E-state index in [1.54, 1.807) is 0 Å². The number of aliphatic hydroxyl groups is 1. The van der Waals surface area contributed by atoms with Crippen molar-refractivity contribution in [3.8, 4) is 5.75 Å². The Kier molecular flexibility index (Phi) is 7.07. The van der Waals surface area contributed by atoms with E-state index in [4.69, 9.17) is 16.3 Å². The van der Waals surface area contributed by atoms with Crippen LogP contribution in [0.1, 0.15) is 31.7 Å². The third kappa shape index (κ3) is 4.79. The van der Waals surface area contributed by atoms with E-state index in [0.717, 1.165) is 0 Å². The average molecular weight is 444 g/mol. The Labute approximate surface area is 174 Å². The molecule has 8 nitrogen and oxygen atoms in total. The molecule has 1 aromatic carbocycles. The number of hydrogen-bond donors (Lipinski definition) is 1.